The SMILES string of the molecule is Cc1ccc(C(=O)/C=C2/C(=O)NC(N(C)C)=C2C#N)cc1. The first-order chi connectivity index (χ1) is 9.93. The van der Waals surface area contributed by atoms with Crippen LogP contribution in [0, 0.1) is 18.3 Å². The summed E-state index contributed by atoms with van der Waals surface area (Å²) in [6.07, 6.45) is 1.22. The Balaban J connectivity index is 2.40. The summed E-state index contributed by atoms with van der Waals surface area (Å²) in [5.74, 6) is -0.325. The van der Waals surface area contributed by atoms with E-state index in [0.717, 1.165) is 5.56 Å². The monoisotopic (exact) mass is 281 g/mol. The highest BCUT2D eigenvalue weighted by atomic mass is 16.2. The molecule has 0 saturated heterocycles. The van der Waals surface area contributed by atoms with E-state index in [2.05, 4.69) is 5.32 Å². The number of nitriles is 1. The molecule has 5 nitrogen and oxygen atoms in total. The zero-order valence-electron chi connectivity index (χ0n) is 12.1. The molecule has 1 N–H and O–H groups in total. The minimum Gasteiger partial charge on any atom is -0.363 e. The van der Waals surface area contributed by atoms with Crippen molar-refractivity contribution in [3.8, 4) is 6.07 Å². The molecule has 0 bridgehead atoms. The lowest BCUT2D eigenvalue weighted by molar-refractivity contribution is -0.116. The van der Waals surface area contributed by atoms with Gasteiger partial charge in [0.1, 0.15) is 17.5 Å². The Kier molecular flexibility index (Phi) is 3.90. The zero-order chi connectivity index (χ0) is 15.6. The van der Waals surface area contributed by atoms with Gasteiger partial charge >= 0.3 is 0 Å². The van der Waals surface area contributed by atoms with Crippen molar-refractivity contribution in [1.82, 2.24) is 10.2 Å². The third kappa shape index (κ3) is 2.84. The molecular formula is C16H15N3O2. The lowest BCUT2D eigenvalue weighted by atomic mass is 10.0. The molecule has 21 heavy (non-hydrogen) atoms. The van der Waals surface area contributed by atoms with Gasteiger partial charge in [-0.3, -0.25) is 9.59 Å². The van der Waals surface area contributed by atoms with E-state index in [1.165, 1.54) is 6.08 Å². The molecule has 2 rings (SSSR count). The van der Waals surface area contributed by atoms with Crippen LogP contribution in [0.4, 0.5) is 0 Å². The molecule has 0 spiro atoms. The summed E-state index contributed by atoms with van der Waals surface area (Å²) >= 11 is 0. The molecule has 0 saturated carbocycles. The first kappa shape index (κ1) is 14.5. The number of hydrogen-bond donors (Lipinski definition) is 1. The largest absolute Gasteiger partial charge is 0.363 e. The van der Waals surface area contributed by atoms with E-state index in [4.69, 9.17) is 0 Å². The van der Waals surface area contributed by atoms with Crippen molar-refractivity contribution in [2.45, 2.75) is 6.92 Å². The predicted molar refractivity (Wildman–Crippen MR) is 78.1 cm³/mol. The van der Waals surface area contributed by atoms with Crippen LogP contribution in [-0.2, 0) is 4.79 Å². The third-order valence-corrected chi connectivity index (χ3v) is 3.15. The van der Waals surface area contributed by atoms with Gasteiger partial charge in [0.2, 0.25) is 0 Å². The Bertz CT molecular complexity index is 704. The minimum absolute atomic E-state index is 0.103. The molecular weight excluding hydrogens is 266 g/mol. The van der Waals surface area contributed by atoms with Gasteiger partial charge in [0.25, 0.3) is 5.91 Å². The highest BCUT2D eigenvalue weighted by Crippen LogP contribution is 2.22. The zero-order valence-corrected chi connectivity index (χ0v) is 12.1. The molecule has 0 radical (unpaired) electrons. The first-order valence-corrected chi connectivity index (χ1v) is 6.40. The standard InChI is InChI=1S/C16H15N3O2/c1-10-4-6-11(7-5-10)14(20)8-12-13(9-17)15(19(2)3)18-16(12)21/h4-8H,1-3H3,(H,18,21)/b12-8+. The summed E-state index contributed by atoms with van der Waals surface area (Å²) in [5, 5.41) is 11.8. The Labute approximate surface area is 123 Å². The molecule has 1 aliphatic heterocycles. The molecule has 0 fully saturated rings. The van der Waals surface area contributed by atoms with Gasteiger partial charge in [-0.1, -0.05) is 29.8 Å². The van der Waals surface area contributed by atoms with Crippen LogP contribution in [0.2, 0.25) is 0 Å². The number of allylic oxidation sites excluding steroid dienone is 1. The molecule has 0 atom stereocenters. The fraction of sp³-hybridized carbons (Fsp3) is 0.188. The lowest BCUT2D eigenvalue weighted by Crippen LogP contribution is -2.25. The van der Waals surface area contributed by atoms with E-state index < -0.39 is 5.91 Å². The van der Waals surface area contributed by atoms with E-state index in [1.54, 1.807) is 31.1 Å². The van der Waals surface area contributed by atoms with E-state index in [1.807, 2.05) is 25.1 Å². The second kappa shape index (κ2) is 5.63. The average Bonchev–Trinajstić information content (AvgIpc) is 2.76. The van der Waals surface area contributed by atoms with Gasteiger partial charge in [0, 0.05) is 25.7 Å². The number of carbonyl (C=O) groups is 2. The van der Waals surface area contributed by atoms with Crippen molar-refractivity contribution in [3.63, 3.8) is 0 Å². The van der Waals surface area contributed by atoms with Crippen LogP contribution in [0.1, 0.15) is 15.9 Å². The summed E-state index contributed by atoms with van der Waals surface area (Å²) in [7, 11) is 3.44. The van der Waals surface area contributed by atoms with Crippen molar-refractivity contribution in [2.75, 3.05) is 14.1 Å². The molecule has 1 amide bonds. The van der Waals surface area contributed by atoms with Crippen molar-refractivity contribution in [3.05, 3.63) is 58.4 Å². The van der Waals surface area contributed by atoms with Crippen LogP contribution in [0.15, 0.2) is 47.3 Å². The van der Waals surface area contributed by atoms with Crippen molar-refractivity contribution >= 4 is 11.7 Å². The van der Waals surface area contributed by atoms with Gasteiger partial charge in [0.15, 0.2) is 5.78 Å². The third-order valence-electron chi connectivity index (χ3n) is 3.15. The lowest BCUT2D eigenvalue weighted by Gasteiger charge is -2.12. The Morgan fingerprint density at radius 1 is 1.29 bits per heavy atom. The van der Waals surface area contributed by atoms with Gasteiger partial charge in [-0.25, -0.2) is 0 Å². The molecule has 0 aromatic heterocycles. The van der Waals surface area contributed by atoms with Crippen molar-refractivity contribution in [2.24, 2.45) is 0 Å². The van der Waals surface area contributed by atoms with Crippen LogP contribution in [0.25, 0.3) is 0 Å². The summed E-state index contributed by atoms with van der Waals surface area (Å²) in [6, 6.07) is 9.03. The second-order valence-electron chi connectivity index (χ2n) is 4.97. The summed E-state index contributed by atoms with van der Waals surface area (Å²) < 4.78 is 0. The number of aryl methyl sites for hydroxylation is 1. The number of nitrogens with one attached hydrogen (secondary N) is 1. The van der Waals surface area contributed by atoms with E-state index in [0.29, 0.717) is 11.4 Å². The van der Waals surface area contributed by atoms with Gasteiger partial charge in [0.05, 0.1) is 5.57 Å². The molecule has 5 heteroatoms. The van der Waals surface area contributed by atoms with Gasteiger partial charge in [-0.05, 0) is 6.92 Å². The number of carbonyl (C=O) groups excluding carboxylic acids is 2. The Morgan fingerprint density at radius 3 is 2.43 bits per heavy atom. The maximum Gasteiger partial charge on any atom is 0.258 e. The molecule has 1 aromatic rings. The summed E-state index contributed by atoms with van der Waals surface area (Å²) in [5.41, 5.74) is 1.82. The van der Waals surface area contributed by atoms with Crippen LogP contribution in [0.3, 0.4) is 0 Å². The number of rotatable bonds is 3. The van der Waals surface area contributed by atoms with Gasteiger partial charge in [-0.15, -0.1) is 0 Å². The Morgan fingerprint density at radius 2 is 1.90 bits per heavy atom. The highest BCUT2D eigenvalue weighted by molar-refractivity contribution is 6.13. The number of amides is 1. The molecule has 1 heterocycles. The topological polar surface area (TPSA) is 73.2 Å². The molecule has 1 aliphatic rings. The van der Waals surface area contributed by atoms with Crippen molar-refractivity contribution in [1.29, 1.82) is 5.26 Å². The van der Waals surface area contributed by atoms with Crippen LogP contribution in [-0.4, -0.2) is 30.7 Å². The number of ketones is 1. The van der Waals surface area contributed by atoms with E-state index in [9.17, 15) is 14.9 Å². The van der Waals surface area contributed by atoms with Crippen molar-refractivity contribution < 1.29 is 9.59 Å². The average molecular weight is 281 g/mol. The smallest absolute Gasteiger partial charge is 0.258 e. The molecule has 1 aromatic carbocycles. The fourth-order valence-electron chi connectivity index (χ4n) is 2.00. The van der Waals surface area contributed by atoms with Crippen LogP contribution >= 0.6 is 0 Å². The summed E-state index contributed by atoms with van der Waals surface area (Å²) in [4.78, 5) is 25.8. The minimum atomic E-state index is -0.435. The Hall–Kier alpha value is -2.87. The van der Waals surface area contributed by atoms with Gasteiger partial charge < -0.3 is 10.2 Å². The number of hydrogen-bond acceptors (Lipinski definition) is 4. The fourth-order valence-corrected chi connectivity index (χ4v) is 2.00. The molecule has 0 aliphatic carbocycles. The highest BCUT2D eigenvalue weighted by Gasteiger charge is 2.29. The van der Waals surface area contributed by atoms with Crippen LogP contribution in [0.5, 0.6) is 0 Å². The van der Waals surface area contributed by atoms with E-state index in [-0.39, 0.29) is 16.9 Å². The first-order valence-electron chi connectivity index (χ1n) is 6.40. The quantitative estimate of drug-likeness (QED) is 0.673. The predicted octanol–water partition coefficient (Wildman–Crippen LogP) is 1.53. The maximum atomic E-state index is 12.2. The van der Waals surface area contributed by atoms with Crippen LogP contribution < -0.4 is 5.32 Å². The number of nitrogens with zero attached hydrogens (tertiary/aromatic N) is 2. The summed E-state index contributed by atoms with van der Waals surface area (Å²) in [6.45, 7) is 1.93. The number of benzene rings is 1. The molecule has 0 unspecified atom stereocenters. The van der Waals surface area contributed by atoms with E-state index >= 15 is 0 Å². The molecule has 106 valence electrons. The second-order valence-corrected chi connectivity index (χ2v) is 4.97. The van der Waals surface area contributed by atoms with Gasteiger partial charge in [-0.2, -0.15) is 5.26 Å². The normalized spacial score (nSPS) is 15.9. The maximum absolute atomic E-state index is 12.2.